The van der Waals surface area contributed by atoms with Crippen molar-refractivity contribution in [1.29, 1.82) is 0 Å². The molecule has 2 amide bonds. The topological polar surface area (TPSA) is 63.4 Å². The molecule has 0 aromatic heterocycles. The predicted molar refractivity (Wildman–Crippen MR) is 58.0 cm³/mol. The zero-order valence-corrected chi connectivity index (χ0v) is 8.62. The second kappa shape index (κ2) is 5.14. The molecule has 1 heterocycles. The van der Waals surface area contributed by atoms with Crippen LogP contribution in [0.1, 0.15) is 49.0 Å². The zero-order chi connectivity index (χ0) is 17.5. The van der Waals surface area contributed by atoms with E-state index in [1.165, 1.54) is 0 Å². The normalized spacial score (nSPS) is 32.9. The molecule has 1 fully saturated rings. The minimum absolute atomic E-state index is 0.233. The quantitative estimate of drug-likeness (QED) is 0.746. The van der Waals surface area contributed by atoms with Crippen LogP contribution >= 0.6 is 0 Å². The van der Waals surface area contributed by atoms with Crippen molar-refractivity contribution in [1.82, 2.24) is 4.90 Å². The first-order chi connectivity index (χ1) is 9.77. The molecule has 0 bridgehead atoms. The van der Waals surface area contributed by atoms with Crippen LogP contribution in [-0.2, 0) is 9.59 Å². The molecule has 0 spiro atoms. The first kappa shape index (κ1) is 5.32. The minimum atomic E-state index is -3.17. The highest BCUT2D eigenvalue weighted by Gasteiger charge is 2.35. The highest BCUT2D eigenvalue weighted by molar-refractivity contribution is 5.87. The zero-order valence-electron chi connectivity index (χ0n) is 15.6. The first-order valence-electron chi connectivity index (χ1n) is 8.36. The van der Waals surface area contributed by atoms with Crippen molar-refractivity contribution in [3.63, 3.8) is 0 Å². The van der Waals surface area contributed by atoms with Crippen molar-refractivity contribution >= 4 is 11.8 Å². The fraction of sp³-hybridized carbons (Fsp3) is 0.818. The molecule has 0 radical (unpaired) electrons. The smallest absolute Gasteiger partial charge is 0.240 e. The van der Waals surface area contributed by atoms with Crippen molar-refractivity contribution in [3.05, 3.63) is 0 Å². The van der Waals surface area contributed by atoms with Crippen LogP contribution in [0.2, 0.25) is 0 Å². The first-order valence-corrected chi connectivity index (χ1v) is 4.86. The van der Waals surface area contributed by atoms with E-state index in [0.717, 1.165) is 4.90 Å². The number of nitrogens with two attached hydrogens (primary N) is 1. The van der Waals surface area contributed by atoms with Gasteiger partial charge >= 0.3 is 0 Å². The van der Waals surface area contributed by atoms with Crippen LogP contribution in [0.3, 0.4) is 0 Å². The second-order valence-corrected chi connectivity index (χ2v) is 3.54. The van der Waals surface area contributed by atoms with Crippen LogP contribution in [-0.4, -0.2) is 29.3 Å². The molecule has 2 atom stereocenters. The summed E-state index contributed by atoms with van der Waals surface area (Å²) in [6.07, 6.45) is -5.97. The van der Waals surface area contributed by atoms with Gasteiger partial charge in [-0.15, -0.1) is 0 Å². The maximum absolute atomic E-state index is 12.0. The molecule has 86 valence electrons. The van der Waals surface area contributed by atoms with Crippen LogP contribution in [0.5, 0.6) is 0 Å². The van der Waals surface area contributed by atoms with Gasteiger partial charge in [-0.2, -0.15) is 0 Å². The lowest BCUT2D eigenvalue weighted by Crippen LogP contribution is -2.45. The highest BCUT2D eigenvalue weighted by Crippen LogP contribution is 2.24. The van der Waals surface area contributed by atoms with Crippen molar-refractivity contribution in [2.45, 2.75) is 45.4 Å². The molecular weight excluding hydrogens is 192 g/mol. The summed E-state index contributed by atoms with van der Waals surface area (Å²) in [5.74, 6) is -2.42. The fourth-order valence-corrected chi connectivity index (χ4v) is 1.81. The molecule has 0 aliphatic carbocycles. The van der Waals surface area contributed by atoms with E-state index in [4.69, 9.17) is 15.3 Å². The van der Waals surface area contributed by atoms with E-state index in [0.29, 0.717) is 0 Å². The van der Waals surface area contributed by atoms with Gasteiger partial charge < -0.3 is 10.6 Å². The van der Waals surface area contributed by atoms with Gasteiger partial charge in [0.2, 0.25) is 11.8 Å². The largest absolute Gasteiger partial charge is 0.368 e. The molecule has 4 heteroatoms. The maximum Gasteiger partial charge on any atom is 0.240 e. The van der Waals surface area contributed by atoms with Crippen LogP contribution in [0.25, 0.3) is 0 Å². The molecule has 0 aromatic carbocycles. The molecule has 1 aliphatic rings. The molecule has 0 unspecified atom stereocenters. The molecule has 15 heavy (non-hydrogen) atoms. The molecular formula is C11H20N2O2. The second-order valence-electron chi connectivity index (χ2n) is 3.54. The summed E-state index contributed by atoms with van der Waals surface area (Å²) in [5.41, 5.74) is 5.21. The molecule has 0 aromatic rings. The van der Waals surface area contributed by atoms with Gasteiger partial charge in [0.25, 0.3) is 0 Å². The Morgan fingerprint density at radius 2 is 2.60 bits per heavy atom. The summed E-state index contributed by atoms with van der Waals surface area (Å²) in [6.45, 7) is -1.75. The molecule has 0 saturated carbocycles. The van der Waals surface area contributed by atoms with Gasteiger partial charge in [0.15, 0.2) is 0 Å². The van der Waals surface area contributed by atoms with E-state index in [1.807, 2.05) is 0 Å². The lowest BCUT2D eigenvalue weighted by atomic mass is 10.0. The highest BCUT2D eigenvalue weighted by atomic mass is 16.2. The van der Waals surface area contributed by atoms with Gasteiger partial charge in [0.1, 0.15) is 6.04 Å². The average molecular weight is 219 g/mol. The number of rotatable bonds is 5. The van der Waals surface area contributed by atoms with Crippen molar-refractivity contribution < 1.29 is 19.2 Å². The molecule has 1 rings (SSSR count). The summed E-state index contributed by atoms with van der Waals surface area (Å²) in [7, 11) is 0. The molecule has 1 aliphatic heterocycles. The van der Waals surface area contributed by atoms with Gasteiger partial charge in [-0.05, 0) is 18.7 Å². The maximum atomic E-state index is 12.0. The monoisotopic (exact) mass is 219 g/mol. The lowest BCUT2D eigenvalue weighted by molar-refractivity contribution is -0.136. The van der Waals surface area contributed by atoms with Crippen LogP contribution in [0.4, 0.5) is 0 Å². The fourth-order valence-electron chi connectivity index (χ4n) is 1.81. The number of primary amides is 1. The Morgan fingerprint density at radius 1 is 1.87 bits per heavy atom. The van der Waals surface area contributed by atoms with Gasteiger partial charge in [0, 0.05) is 22.6 Å². The van der Waals surface area contributed by atoms with E-state index < -0.39 is 43.4 Å². The summed E-state index contributed by atoms with van der Waals surface area (Å²) >= 11 is 0. The number of likely N-dealkylation sites (tertiary alicyclic amines) is 1. The van der Waals surface area contributed by atoms with Gasteiger partial charge in [0.05, 0.1) is 0 Å². The van der Waals surface area contributed by atoms with Crippen molar-refractivity contribution in [2.75, 3.05) is 6.54 Å². The number of carbonyl (C=O) groups excluding carboxylic acids is 2. The van der Waals surface area contributed by atoms with E-state index in [1.54, 1.807) is 6.92 Å². The minimum Gasteiger partial charge on any atom is -0.368 e. The van der Waals surface area contributed by atoms with Gasteiger partial charge in [-0.25, -0.2) is 0 Å². The standard InChI is InChI=1S/C11H20N2O2/c1-3-5-8-6-10(14)13(7-8)9(4-2)11(12)15/h8-9H,3-7H2,1-2H3,(H2,12,15)/t8-,9-/m0/s1/i1D3,3D2,5D2. The SMILES string of the molecule is [2H]C([2H])([2H])C([2H])([2H])C([2H])([2H])[C@H]1CC(=O)N([C@@H](CC)C(N)=O)C1. The van der Waals surface area contributed by atoms with Gasteiger partial charge in [-0.3, -0.25) is 9.59 Å². The summed E-state index contributed by atoms with van der Waals surface area (Å²) in [4.78, 5) is 24.5. The van der Waals surface area contributed by atoms with Crippen LogP contribution < -0.4 is 5.73 Å². The Kier molecular flexibility index (Phi) is 1.83. The predicted octanol–water partition coefficient (Wildman–Crippen LogP) is 0.899. The average Bonchev–Trinajstić information content (AvgIpc) is 2.71. The van der Waals surface area contributed by atoms with Crippen LogP contribution in [0.15, 0.2) is 0 Å². The Morgan fingerprint density at radius 3 is 3.13 bits per heavy atom. The number of carbonyl (C=O) groups is 2. The van der Waals surface area contributed by atoms with Gasteiger partial charge in [-0.1, -0.05) is 20.1 Å². The third-order valence-electron chi connectivity index (χ3n) is 2.53. The van der Waals surface area contributed by atoms with Crippen molar-refractivity contribution in [3.8, 4) is 0 Å². The van der Waals surface area contributed by atoms with E-state index in [2.05, 4.69) is 0 Å². The number of amides is 2. The van der Waals surface area contributed by atoms with Crippen molar-refractivity contribution in [2.24, 2.45) is 11.7 Å². The summed E-state index contributed by atoms with van der Waals surface area (Å²) in [5, 5.41) is 0. The number of hydrogen-bond donors (Lipinski definition) is 1. The number of nitrogens with zero attached hydrogens (tertiary/aromatic N) is 1. The summed E-state index contributed by atoms with van der Waals surface area (Å²) < 4.78 is 52.6. The van der Waals surface area contributed by atoms with E-state index >= 15 is 0 Å². The summed E-state index contributed by atoms with van der Waals surface area (Å²) in [6, 6.07) is -0.896. The van der Waals surface area contributed by atoms with Crippen LogP contribution in [0, 0.1) is 5.92 Å². The third kappa shape index (κ3) is 2.70. The molecule has 1 saturated heterocycles. The lowest BCUT2D eigenvalue weighted by Gasteiger charge is -2.24. The third-order valence-corrected chi connectivity index (χ3v) is 2.53. The Hall–Kier alpha value is -1.06. The van der Waals surface area contributed by atoms with E-state index in [9.17, 15) is 9.59 Å². The Labute approximate surface area is 101 Å². The molecule has 4 nitrogen and oxygen atoms in total. The number of hydrogen-bond acceptors (Lipinski definition) is 2. The Bertz CT molecular complexity index is 464. The Balaban J connectivity index is 3.06. The van der Waals surface area contributed by atoms with E-state index in [-0.39, 0.29) is 19.4 Å². The molecule has 2 N–H and O–H groups in total.